The van der Waals surface area contributed by atoms with Crippen LogP contribution in [0.15, 0.2) is 68.3 Å². The van der Waals surface area contributed by atoms with Crippen LogP contribution in [0.25, 0.3) is 11.0 Å². The summed E-state index contributed by atoms with van der Waals surface area (Å²) in [5.41, 5.74) is 0.926. The lowest BCUT2D eigenvalue weighted by atomic mass is 9.85. The molecule has 3 aromatic rings. The van der Waals surface area contributed by atoms with E-state index in [1.807, 2.05) is 47.4 Å². The van der Waals surface area contributed by atoms with Gasteiger partial charge in [0.15, 0.2) is 0 Å². The molecule has 0 amide bonds. The first-order valence-electron chi connectivity index (χ1n) is 7.32. The van der Waals surface area contributed by atoms with E-state index in [1.54, 1.807) is 6.07 Å². The second-order valence-electron chi connectivity index (χ2n) is 5.81. The SMILES string of the molecule is O=c1cc(N2CC(O)(c3ccccc3Br)C2)c2ccccc2o1. The number of β-amino-alcohol motifs (C(OH)–C–C–N with tert-alkyl or cyclic N) is 1. The molecule has 2 heterocycles. The largest absolute Gasteiger partial charge is 0.423 e. The van der Waals surface area contributed by atoms with Gasteiger partial charge in [-0.1, -0.05) is 46.3 Å². The van der Waals surface area contributed by atoms with E-state index in [2.05, 4.69) is 15.9 Å². The molecule has 5 heteroatoms. The van der Waals surface area contributed by atoms with Crippen LogP contribution in [0.3, 0.4) is 0 Å². The van der Waals surface area contributed by atoms with E-state index in [9.17, 15) is 9.90 Å². The molecule has 4 nitrogen and oxygen atoms in total. The van der Waals surface area contributed by atoms with Gasteiger partial charge in [0.1, 0.15) is 11.2 Å². The summed E-state index contributed by atoms with van der Waals surface area (Å²) in [6.45, 7) is 0.867. The highest BCUT2D eigenvalue weighted by atomic mass is 79.9. The number of para-hydroxylation sites is 1. The first kappa shape index (κ1) is 14.5. The van der Waals surface area contributed by atoms with Gasteiger partial charge in [-0.15, -0.1) is 0 Å². The van der Waals surface area contributed by atoms with Crippen molar-refractivity contribution in [2.24, 2.45) is 0 Å². The number of nitrogens with zero attached hydrogens (tertiary/aromatic N) is 1. The quantitative estimate of drug-likeness (QED) is 0.702. The maximum atomic E-state index is 11.8. The zero-order valence-corrected chi connectivity index (χ0v) is 13.8. The minimum absolute atomic E-state index is 0.380. The summed E-state index contributed by atoms with van der Waals surface area (Å²) < 4.78 is 6.11. The number of halogens is 1. The third-order valence-corrected chi connectivity index (χ3v) is 4.94. The predicted molar refractivity (Wildman–Crippen MR) is 92.7 cm³/mol. The minimum Gasteiger partial charge on any atom is -0.423 e. The van der Waals surface area contributed by atoms with Crippen LogP contribution in [-0.4, -0.2) is 18.2 Å². The van der Waals surface area contributed by atoms with Gasteiger partial charge in [-0.25, -0.2) is 4.79 Å². The topological polar surface area (TPSA) is 53.7 Å². The Morgan fingerprint density at radius 3 is 2.57 bits per heavy atom. The van der Waals surface area contributed by atoms with Crippen LogP contribution in [-0.2, 0) is 5.60 Å². The summed E-state index contributed by atoms with van der Waals surface area (Å²) in [6.07, 6.45) is 0. The molecule has 1 aromatic heterocycles. The average molecular weight is 372 g/mol. The highest BCUT2D eigenvalue weighted by Gasteiger charge is 2.44. The zero-order valence-electron chi connectivity index (χ0n) is 12.2. The zero-order chi connectivity index (χ0) is 16.0. The smallest absolute Gasteiger partial charge is 0.338 e. The van der Waals surface area contributed by atoms with Crippen LogP contribution < -0.4 is 10.5 Å². The first-order valence-corrected chi connectivity index (χ1v) is 8.11. The van der Waals surface area contributed by atoms with Crippen molar-refractivity contribution < 1.29 is 9.52 Å². The van der Waals surface area contributed by atoms with Crippen LogP contribution in [0, 0.1) is 0 Å². The van der Waals surface area contributed by atoms with Crippen LogP contribution in [0.5, 0.6) is 0 Å². The molecule has 0 bridgehead atoms. The predicted octanol–water partition coefficient (Wildman–Crippen LogP) is 3.26. The summed E-state index contributed by atoms with van der Waals surface area (Å²) in [5.74, 6) is 0. The fraction of sp³-hybridized carbons (Fsp3) is 0.167. The molecule has 1 aliphatic heterocycles. The van der Waals surface area contributed by atoms with Crippen molar-refractivity contribution in [1.82, 2.24) is 0 Å². The fourth-order valence-electron chi connectivity index (χ4n) is 3.12. The Labute approximate surface area is 141 Å². The molecule has 0 saturated carbocycles. The molecule has 4 rings (SSSR count). The van der Waals surface area contributed by atoms with Gasteiger partial charge in [-0.05, 0) is 18.2 Å². The second-order valence-corrected chi connectivity index (χ2v) is 6.67. The number of anilines is 1. The second kappa shape index (κ2) is 5.22. The molecule has 116 valence electrons. The van der Waals surface area contributed by atoms with E-state index in [-0.39, 0.29) is 5.63 Å². The minimum atomic E-state index is -0.919. The lowest BCUT2D eigenvalue weighted by molar-refractivity contribution is 0.00699. The van der Waals surface area contributed by atoms with Gasteiger partial charge in [-0.3, -0.25) is 0 Å². The van der Waals surface area contributed by atoms with Gasteiger partial charge in [0.25, 0.3) is 0 Å². The Morgan fingerprint density at radius 2 is 1.78 bits per heavy atom. The van der Waals surface area contributed by atoms with E-state index in [0.29, 0.717) is 18.7 Å². The molecule has 1 aliphatic rings. The lowest BCUT2D eigenvalue weighted by Crippen LogP contribution is -2.60. The van der Waals surface area contributed by atoms with Crippen molar-refractivity contribution >= 4 is 32.6 Å². The van der Waals surface area contributed by atoms with E-state index < -0.39 is 5.60 Å². The normalized spacial score (nSPS) is 16.3. The van der Waals surface area contributed by atoms with Crippen molar-refractivity contribution in [2.45, 2.75) is 5.60 Å². The Kier molecular flexibility index (Phi) is 3.28. The maximum absolute atomic E-state index is 11.8. The molecular formula is C18H14BrNO3. The van der Waals surface area contributed by atoms with Crippen LogP contribution in [0.1, 0.15) is 5.56 Å². The fourth-order valence-corrected chi connectivity index (χ4v) is 3.77. The number of hydrogen-bond acceptors (Lipinski definition) is 4. The molecule has 1 fully saturated rings. The summed E-state index contributed by atoms with van der Waals surface area (Å²) in [6, 6.07) is 16.6. The molecule has 0 spiro atoms. The highest BCUT2D eigenvalue weighted by molar-refractivity contribution is 9.10. The number of fused-ring (bicyclic) bond motifs is 1. The summed E-state index contributed by atoms with van der Waals surface area (Å²) in [4.78, 5) is 13.8. The van der Waals surface area contributed by atoms with E-state index in [4.69, 9.17) is 4.42 Å². The first-order chi connectivity index (χ1) is 11.1. The molecule has 0 unspecified atom stereocenters. The molecule has 1 saturated heterocycles. The van der Waals surface area contributed by atoms with Crippen molar-refractivity contribution in [1.29, 1.82) is 0 Å². The molecule has 0 radical (unpaired) electrons. The number of aliphatic hydroxyl groups is 1. The molecule has 2 aromatic carbocycles. The standard InChI is InChI=1S/C18H14BrNO3/c19-14-7-3-2-6-13(14)18(22)10-20(11-18)15-9-17(21)23-16-8-4-1-5-12(15)16/h1-9,22H,10-11H2. The Morgan fingerprint density at radius 1 is 1.09 bits per heavy atom. The molecule has 23 heavy (non-hydrogen) atoms. The van der Waals surface area contributed by atoms with Crippen LogP contribution in [0.2, 0.25) is 0 Å². The highest BCUT2D eigenvalue weighted by Crippen LogP contribution is 2.40. The molecular weight excluding hydrogens is 358 g/mol. The third kappa shape index (κ3) is 2.36. The van der Waals surface area contributed by atoms with E-state index in [1.165, 1.54) is 6.07 Å². The Bertz CT molecular complexity index is 944. The van der Waals surface area contributed by atoms with Gasteiger partial charge >= 0.3 is 5.63 Å². The lowest BCUT2D eigenvalue weighted by Gasteiger charge is -2.48. The Balaban J connectivity index is 1.71. The third-order valence-electron chi connectivity index (χ3n) is 4.25. The van der Waals surface area contributed by atoms with Crippen molar-refractivity contribution in [3.8, 4) is 0 Å². The van der Waals surface area contributed by atoms with Gasteiger partial charge in [-0.2, -0.15) is 0 Å². The molecule has 1 N–H and O–H groups in total. The summed E-state index contributed by atoms with van der Waals surface area (Å²) in [5, 5.41) is 11.7. The van der Waals surface area contributed by atoms with Crippen LogP contribution >= 0.6 is 15.9 Å². The molecule has 0 aliphatic carbocycles. The van der Waals surface area contributed by atoms with E-state index >= 15 is 0 Å². The van der Waals surface area contributed by atoms with Gasteiger partial charge in [0, 0.05) is 21.5 Å². The van der Waals surface area contributed by atoms with Gasteiger partial charge in [0.05, 0.1) is 18.8 Å². The van der Waals surface area contributed by atoms with E-state index in [0.717, 1.165) is 21.1 Å². The Hall–Kier alpha value is -2.11. The number of hydrogen-bond donors (Lipinski definition) is 1. The monoisotopic (exact) mass is 371 g/mol. The van der Waals surface area contributed by atoms with Crippen molar-refractivity contribution in [3.63, 3.8) is 0 Å². The van der Waals surface area contributed by atoms with Gasteiger partial charge in [0.2, 0.25) is 0 Å². The number of benzene rings is 2. The van der Waals surface area contributed by atoms with Crippen molar-refractivity contribution in [2.75, 3.05) is 18.0 Å². The summed E-state index contributed by atoms with van der Waals surface area (Å²) in [7, 11) is 0. The number of rotatable bonds is 2. The van der Waals surface area contributed by atoms with Gasteiger partial charge < -0.3 is 14.4 Å². The average Bonchev–Trinajstić information content (AvgIpc) is 2.51. The summed E-state index contributed by atoms with van der Waals surface area (Å²) >= 11 is 3.49. The van der Waals surface area contributed by atoms with Crippen LogP contribution in [0.4, 0.5) is 5.69 Å². The van der Waals surface area contributed by atoms with Crippen molar-refractivity contribution in [3.05, 3.63) is 75.1 Å². The maximum Gasteiger partial charge on any atom is 0.338 e. The molecule has 0 atom stereocenters.